The molecule has 1 aromatic heterocycles. The minimum absolute atomic E-state index is 0.0428. The maximum absolute atomic E-state index is 12.1. The summed E-state index contributed by atoms with van der Waals surface area (Å²) in [4.78, 5) is 12.1. The Kier molecular flexibility index (Phi) is 5.36. The fourth-order valence-electron chi connectivity index (χ4n) is 2.00. The van der Waals surface area contributed by atoms with Gasteiger partial charge >= 0.3 is 0 Å². The summed E-state index contributed by atoms with van der Waals surface area (Å²) in [5.74, 6) is -0.240. The van der Waals surface area contributed by atoms with Crippen molar-refractivity contribution in [2.24, 2.45) is 0 Å². The molecule has 0 radical (unpaired) electrons. The van der Waals surface area contributed by atoms with Crippen LogP contribution in [0.25, 0.3) is 5.69 Å². The van der Waals surface area contributed by atoms with E-state index >= 15 is 0 Å². The van der Waals surface area contributed by atoms with Crippen LogP contribution < -0.4 is 5.32 Å². The molecule has 0 aliphatic rings. The lowest BCUT2D eigenvalue weighted by Gasteiger charge is -2.14. The Morgan fingerprint density at radius 3 is 2.95 bits per heavy atom. The molecule has 1 heterocycles. The van der Waals surface area contributed by atoms with Gasteiger partial charge < -0.3 is 10.4 Å². The molecule has 0 bridgehead atoms. The third-order valence-electron chi connectivity index (χ3n) is 3.20. The Morgan fingerprint density at radius 2 is 2.29 bits per heavy atom. The summed E-state index contributed by atoms with van der Waals surface area (Å²) in [7, 11) is 0. The molecule has 21 heavy (non-hydrogen) atoms. The summed E-state index contributed by atoms with van der Waals surface area (Å²) in [5, 5.41) is 16.7. The first kappa shape index (κ1) is 15.5. The predicted molar refractivity (Wildman–Crippen MR) is 81.8 cm³/mol. The fourth-order valence-corrected chi connectivity index (χ4v) is 2.19. The number of aliphatic hydroxyl groups is 1. The topological polar surface area (TPSA) is 67.2 Å². The summed E-state index contributed by atoms with van der Waals surface area (Å²) in [6.45, 7) is 2.01. The highest BCUT2D eigenvalue weighted by Gasteiger charge is 2.14. The lowest BCUT2D eigenvalue weighted by atomic mass is 10.1. The van der Waals surface area contributed by atoms with Gasteiger partial charge in [0.15, 0.2) is 5.69 Å². The van der Waals surface area contributed by atoms with Gasteiger partial charge in [0.05, 0.1) is 5.69 Å². The lowest BCUT2D eigenvalue weighted by molar-refractivity contribution is 0.0923. The molecule has 5 nitrogen and oxygen atoms in total. The highest BCUT2D eigenvalue weighted by atomic mass is 35.5. The Labute approximate surface area is 128 Å². The summed E-state index contributed by atoms with van der Waals surface area (Å²) in [6.07, 6.45) is 3.02. The second-order valence-electron chi connectivity index (χ2n) is 4.72. The number of aliphatic hydroxyl groups excluding tert-OH is 1. The van der Waals surface area contributed by atoms with Crippen LogP contribution in [0.4, 0.5) is 0 Å². The van der Waals surface area contributed by atoms with Gasteiger partial charge in [-0.15, -0.1) is 0 Å². The van der Waals surface area contributed by atoms with Crippen molar-refractivity contribution in [2.45, 2.75) is 25.8 Å². The number of rotatable bonds is 6. The molecule has 2 aromatic rings. The van der Waals surface area contributed by atoms with E-state index < -0.39 is 0 Å². The molecular weight excluding hydrogens is 290 g/mol. The fraction of sp³-hybridized carbons (Fsp3) is 0.333. The van der Waals surface area contributed by atoms with Crippen molar-refractivity contribution in [3.05, 3.63) is 47.2 Å². The molecule has 0 spiro atoms. The summed E-state index contributed by atoms with van der Waals surface area (Å²) < 4.78 is 1.60. The van der Waals surface area contributed by atoms with Crippen LogP contribution >= 0.6 is 11.6 Å². The molecule has 2 rings (SSSR count). The molecule has 0 saturated heterocycles. The van der Waals surface area contributed by atoms with Gasteiger partial charge in [0.2, 0.25) is 0 Å². The highest BCUT2D eigenvalue weighted by Crippen LogP contribution is 2.14. The van der Waals surface area contributed by atoms with Crippen molar-refractivity contribution in [2.75, 3.05) is 6.61 Å². The second-order valence-corrected chi connectivity index (χ2v) is 5.15. The molecule has 0 fully saturated rings. The van der Waals surface area contributed by atoms with Gasteiger partial charge in [-0.1, -0.05) is 24.6 Å². The van der Waals surface area contributed by atoms with Gasteiger partial charge in [0.25, 0.3) is 5.91 Å². The Bertz CT molecular complexity index is 612. The quantitative estimate of drug-likeness (QED) is 0.861. The summed E-state index contributed by atoms with van der Waals surface area (Å²) in [6, 6.07) is 8.86. The Morgan fingerprint density at radius 1 is 1.48 bits per heavy atom. The molecule has 0 aliphatic carbocycles. The van der Waals surface area contributed by atoms with E-state index in [1.54, 1.807) is 29.1 Å². The standard InChI is InChI=1S/C15H18ClN3O2/c1-2-12(7-9-20)17-15(21)14-6-8-19(18-14)13-5-3-4-11(16)10-13/h3-6,8,10,12,20H,2,7,9H2,1H3,(H,17,21). The number of halogens is 1. The number of aromatic nitrogens is 2. The van der Waals surface area contributed by atoms with Crippen molar-refractivity contribution in [1.82, 2.24) is 15.1 Å². The third-order valence-corrected chi connectivity index (χ3v) is 3.44. The molecule has 0 aliphatic heterocycles. The van der Waals surface area contributed by atoms with Crippen LogP contribution in [0.2, 0.25) is 5.02 Å². The van der Waals surface area contributed by atoms with Gasteiger partial charge in [0, 0.05) is 23.9 Å². The van der Waals surface area contributed by atoms with E-state index in [0.29, 0.717) is 17.1 Å². The molecule has 1 aromatic carbocycles. The molecule has 2 N–H and O–H groups in total. The number of carbonyl (C=O) groups is 1. The zero-order chi connectivity index (χ0) is 15.2. The first-order chi connectivity index (χ1) is 10.1. The van der Waals surface area contributed by atoms with Gasteiger partial charge in [-0.05, 0) is 37.1 Å². The smallest absolute Gasteiger partial charge is 0.272 e. The molecule has 0 saturated carbocycles. The number of amides is 1. The van der Waals surface area contributed by atoms with Crippen LogP contribution in [0, 0.1) is 0 Å². The van der Waals surface area contributed by atoms with Crippen LogP contribution in [-0.2, 0) is 0 Å². The normalized spacial score (nSPS) is 12.1. The van der Waals surface area contributed by atoms with E-state index in [1.165, 1.54) is 0 Å². The number of hydrogen-bond acceptors (Lipinski definition) is 3. The van der Waals surface area contributed by atoms with Gasteiger partial charge in [-0.2, -0.15) is 5.10 Å². The number of nitrogens with zero attached hydrogens (tertiary/aromatic N) is 2. The summed E-state index contributed by atoms with van der Waals surface area (Å²) >= 11 is 5.94. The van der Waals surface area contributed by atoms with Crippen LogP contribution in [0.15, 0.2) is 36.5 Å². The average Bonchev–Trinajstić information content (AvgIpc) is 2.96. The van der Waals surface area contributed by atoms with Crippen molar-refractivity contribution in [3.63, 3.8) is 0 Å². The maximum atomic E-state index is 12.1. The van der Waals surface area contributed by atoms with E-state index in [1.807, 2.05) is 19.1 Å². The van der Waals surface area contributed by atoms with Crippen LogP contribution in [0.3, 0.4) is 0 Å². The number of benzene rings is 1. The van der Waals surface area contributed by atoms with Crippen LogP contribution in [-0.4, -0.2) is 33.4 Å². The Balaban J connectivity index is 2.10. The van der Waals surface area contributed by atoms with E-state index in [2.05, 4.69) is 10.4 Å². The molecular formula is C15H18ClN3O2. The highest BCUT2D eigenvalue weighted by molar-refractivity contribution is 6.30. The van der Waals surface area contributed by atoms with Gasteiger partial charge in [0.1, 0.15) is 0 Å². The van der Waals surface area contributed by atoms with Crippen molar-refractivity contribution in [3.8, 4) is 5.69 Å². The molecule has 1 atom stereocenters. The van der Waals surface area contributed by atoms with E-state index in [0.717, 1.165) is 12.1 Å². The van der Waals surface area contributed by atoms with Crippen LogP contribution in [0.5, 0.6) is 0 Å². The van der Waals surface area contributed by atoms with E-state index in [9.17, 15) is 4.79 Å². The third kappa shape index (κ3) is 4.06. The Hall–Kier alpha value is -1.85. The number of hydrogen-bond donors (Lipinski definition) is 2. The van der Waals surface area contributed by atoms with Crippen molar-refractivity contribution < 1.29 is 9.90 Å². The summed E-state index contributed by atoms with van der Waals surface area (Å²) in [5.41, 5.74) is 1.13. The zero-order valence-electron chi connectivity index (χ0n) is 11.8. The molecule has 1 amide bonds. The molecule has 1 unspecified atom stereocenters. The maximum Gasteiger partial charge on any atom is 0.272 e. The van der Waals surface area contributed by atoms with Crippen molar-refractivity contribution >= 4 is 17.5 Å². The zero-order valence-corrected chi connectivity index (χ0v) is 12.5. The van der Waals surface area contributed by atoms with Crippen LogP contribution in [0.1, 0.15) is 30.3 Å². The predicted octanol–water partition coefficient (Wildman–Crippen LogP) is 2.42. The molecule has 6 heteroatoms. The first-order valence-corrected chi connectivity index (χ1v) is 7.25. The molecule has 112 valence electrons. The monoisotopic (exact) mass is 307 g/mol. The first-order valence-electron chi connectivity index (χ1n) is 6.87. The average molecular weight is 308 g/mol. The van der Waals surface area contributed by atoms with E-state index in [4.69, 9.17) is 16.7 Å². The van der Waals surface area contributed by atoms with Gasteiger partial charge in [-0.3, -0.25) is 4.79 Å². The number of nitrogens with one attached hydrogen (secondary N) is 1. The SMILES string of the molecule is CCC(CCO)NC(=O)c1ccn(-c2cccc(Cl)c2)n1. The van der Waals surface area contributed by atoms with Crippen molar-refractivity contribution in [1.29, 1.82) is 0 Å². The second kappa shape index (κ2) is 7.24. The minimum atomic E-state index is -0.240. The minimum Gasteiger partial charge on any atom is -0.396 e. The lowest BCUT2D eigenvalue weighted by Crippen LogP contribution is -2.35. The van der Waals surface area contributed by atoms with Gasteiger partial charge in [-0.25, -0.2) is 4.68 Å². The largest absolute Gasteiger partial charge is 0.396 e. The van der Waals surface area contributed by atoms with E-state index in [-0.39, 0.29) is 18.6 Å². The number of carbonyl (C=O) groups excluding carboxylic acids is 1.